The average Bonchev–Trinajstić information content (AvgIpc) is 3.01. The minimum atomic E-state index is -0.0382. The number of rotatable bonds is 18. The molecule has 0 radical (unpaired) electrons. The van der Waals surface area contributed by atoms with Crippen LogP contribution in [0.5, 0.6) is 5.75 Å². The molecule has 0 spiro atoms. The second kappa shape index (κ2) is 17.8. The molecule has 0 aromatic heterocycles. The Morgan fingerprint density at radius 2 is 1.71 bits per heavy atom. The molecule has 1 fully saturated rings. The van der Waals surface area contributed by atoms with Crippen molar-refractivity contribution in [3.05, 3.63) is 59.2 Å². The molecule has 0 saturated carbocycles. The zero-order valence-corrected chi connectivity index (χ0v) is 25.7. The fraction of sp³-hybridized carbons (Fsp3) is 0.636. The standard InChI is InChI=1S/C33H51N3O6/c1-25(21-38-3)22-39-23-26-6-9-28(10-7-26)33-31(40-16-4-12-34)19-35-20-32(33)42-24-27-8-11-30-29(18-27)36(14-17-41-30)13-5-15-37-2/h6-11,18,25,31-33,35H,4-5,12-17,19-24,34H2,1-3H3/t25?,31-,32+,33-/m1/s1. The van der Waals surface area contributed by atoms with Crippen LogP contribution in [0.25, 0.3) is 0 Å². The van der Waals surface area contributed by atoms with E-state index in [-0.39, 0.29) is 18.1 Å². The van der Waals surface area contributed by atoms with Crippen LogP contribution >= 0.6 is 0 Å². The van der Waals surface area contributed by atoms with E-state index in [1.54, 1.807) is 14.2 Å². The minimum absolute atomic E-state index is 0.000465. The van der Waals surface area contributed by atoms with E-state index < -0.39 is 0 Å². The van der Waals surface area contributed by atoms with Gasteiger partial charge in [-0.05, 0) is 48.2 Å². The lowest BCUT2D eigenvalue weighted by atomic mass is 9.85. The maximum atomic E-state index is 6.66. The number of anilines is 1. The van der Waals surface area contributed by atoms with Crippen LogP contribution in [0.4, 0.5) is 5.69 Å². The van der Waals surface area contributed by atoms with E-state index in [2.05, 4.69) is 59.6 Å². The molecule has 234 valence electrons. The summed E-state index contributed by atoms with van der Waals surface area (Å²) in [5.74, 6) is 1.41. The van der Waals surface area contributed by atoms with Crippen LogP contribution in [-0.2, 0) is 36.9 Å². The summed E-state index contributed by atoms with van der Waals surface area (Å²) in [6, 6.07) is 15.1. The molecule has 2 aromatic rings. The molecule has 2 aliphatic heterocycles. The van der Waals surface area contributed by atoms with Crippen LogP contribution in [-0.4, -0.2) is 92.2 Å². The molecule has 9 heteroatoms. The number of nitrogens with one attached hydrogen (secondary N) is 1. The summed E-state index contributed by atoms with van der Waals surface area (Å²) in [7, 11) is 3.47. The lowest BCUT2D eigenvalue weighted by Gasteiger charge is -2.39. The van der Waals surface area contributed by atoms with Gasteiger partial charge in [-0.1, -0.05) is 37.3 Å². The third-order valence-corrected chi connectivity index (χ3v) is 7.88. The molecule has 1 unspecified atom stereocenters. The SMILES string of the molecule is COCCCN1CCOc2ccc(CO[C@H]3CNC[C@@H](OCCCN)[C@H]3c3ccc(COCC(C)COC)cc3)cc21. The van der Waals surface area contributed by atoms with Crippen molar-refractivity contribution < 1.29 is 28.4 Å². The Labute approximate surface area is 251 Å². The second-order valence-electron chi connectivity index (χ2n) is 11.4. The van der Waals surface area contributed by atoms with Gasteiger partial charge < -0.3 is 44.4 Å². The molecule has 4 rings (SSSR count). The van der Waals surface area contributed by atoms with E-state index >= 15 is 0 Å². The van der Waals surface area contributed by atoms with Crippen LogP contribution < -0.4 is 20.7 Å². The quantitative estimate of drug-likeness (QED) is 0.254. The maximum Gasteiger partial charge on any atom is 0.142 e. The van der Waals surface area contributed by atoms with Gasteiger partial charge in [-0.3, -0.25) is 0 Å². The Kier molecular flexibility index (Phi) is 13.8. The third-order valence-electron chi connectivity index (χ3n) is 7.88. The molecule has 9 nitrogen and oxygen atoms in total. The molecule has 1 saturated heterocycles. The van der Waals surface area contributed by atoms with Crippen LogP contribution in [0.15, 0.2) is 42.5 Å². The largest absolute Gasteiger partial charge is 0.490 e. The lowest BCUT2D eigenvalue weighted by molar-refractivity contribution is -0.0599. The van der Waals surface area contributed by atoms with Gasteiger partial charge in [0.05, 0.1) is 50.9 Å². The summed E-state index contributed by atoms with van der Waals surface area (Å²) in [4.78, 5) is 2.39. The first-order chi connectivity index (χ1) is 20.6. The summed E-state index contributed by atoms with van der Waals surface area (Å²) in [6.07, 6.45) is 1.78. The molecule has 2 aromatic carbocycles. The summed E-state index contributed by atoms with van der Waals surface area (Å²) < 4.78 is 35.4. The van der Waals surface area contributed by atoms with Crippen molar-refractivity contribution in [3.63, 3.8) is 0 Å². The number of hydrogen-bond acceptors (Lipinski definition) is 9. The van der Waals surface area contributed by atoms with E-state index in [1.807, 2.05) is 0 Å². The first-order valence-corrected chi connectivity index (χ1v) is 15.4. The first-order valence-electron chi connectivity index (χ1n) is 15.4. The van der Waals surface area contributed by atoms with E-state index in [0.717, 1.165) is 68.2 Å². The summed E-state index contributed by atoms with van der Waals surface area (Å²) in [6.45, 7) is 10.7. The number of fused-ring (bicyclic) bond motifs is 1. The van der Waals surface area contributed by atoms with Gasteiger partial charge in [0.25, 0.3) is 0 Å². The van der Waals surface area contributed by atoms with Crippen LogP contribution in [0, 0.1) is 5.92 Å². The zero-order valence-electron chi connectivity index (χ0n) is 25.7. The van der Waals surface area contributed by atoms with Gasteiger partial charge in [0, 0.05) is 58.9 Å². The van der Waals surface area contributed by atoms with Gasteiger partial charge >= 0.3 is 0 Å². The predicted octanol–water partition coefficient (Wildman–Crippen LogP) is 3.73. The Hall–Kier alpha value is -2.24. The first kappa shape index (κ1) is 32.7. The van der Waals surface area contributed by atoms with Crippen molar-refractivity contribution in [1.82, 2.24) is 5.32 Å². The zero-order chi connectivity index (χ0) is 29.6. The van der Waals surface area contributed by atoms with Gasteiger partial charge in [0.15, 0.2) is 0 Å². The number of ether oxygens (including phenoxy) is 6. The molecular weight excluding hydrogens is 534 g/mol. The molecule has 3 N–H and O–H groups in total. The topological polar surface area (TPSA) is 96.7 Å². The summed E-state index contributed by atoms with van der Waals surface area (Å²) in [5, 5.41) is 3.54. The van der Waals surface area contributed by atoms with Gasteiger partial charge in [0.1, 0.15) is 12.4 Å². The number of nitrogens with two attached hydrogens (primary N) is 1. The van der Waals surface area contributed by atoms with Crippen molar-refractivity contribution in [2.24, 2.45) is 11.7 Å². The Balaban J connectivity index is 1.43. The summed E-state index contributed by atoms with van der Waals surface area (Å²) in [5.41, 5.74) is 10.4. The van der Waals surface area contributed by atoms with E-state index in [9.17, 15) is 0 Å². The molecule has 42 heavy (non-hydrogen) atoms. The van der Waals surface area contributed by atoms with Crippen molar-refractivity contribution in [2.45, 2.75) is 51.1 Å². The number of benzene rings is 2. The molecular formula is C33H51N3O6. The predicted molar refractivity (Wildman–Crippen MR) is 165 cm³/mol. The highest BCUT2D eigenvalue weighted by Gasteiger charge is 2.36. The smallest absolute Gasteiger partial charge is 0.142 e. The van der Waals surface area contributed by atoms with E-state index in [0.29, 0.717) is 52.1 Å². The molecule has 4 atom stereocenters. The van der Waals surface area contributed by atoms with Gasteiger partial charge in [-0.25, -0.2) is 0 Å². The van der Waals surface area contributed by atoms with Crippen molar-refractivity contribution in [1.29, 1.82) is 0 Å². The number of methoxy groups -OCH3 is 2. The molecule has 0 aliphatic carbocycles. The highest BCUT2D eigenvalue weighted by molar-refractivity contribution is 5.61. The van der Waals surface area contributed by atoms with Crippen molar-refractivity contribution in [3.8, 4) is 5.75 Å². The minimum Gasteiger partial charge on any atom is -0.490 e. The molecule has 2 aliphatic rings. The van der Waals surface area contributed by atoms with Gasteiger partial charge in [-0.15, -0.1) is 0 Å². The van der Waals surface area contributed by atoms with Crippen LogP contribution in [0.3, 0.4) is 0 Å². The Morgan fingerprint density at radius 1 is 0.929 bits per heavy atom. The Morgan fingerprint density at radius 3 is 2.48 bits per heavy atom. The average molecular weight is 586 g/mol. The third kappa shape index (κ3) is 9.64. The number of piperidine rings is 1. The van der Waals surface area contributed by atoms with E-state index in [1.165, 1.54) is 5.56 Å². The normalized spacial score (nSPS) is 21.1. The highest BCUT2D eigenvalue weighted by Crippen LogP contribution is 2.34. The Bertz CT molecular complexity index is 1040. The second-order valence-corrected chi connectivity index (χ2v) is 11.4. The molecule has 0 amide bonds. The lowest BCUT2D eigenvalue weighted by Crippen LogP contribution is -2.50. The molecule has 2 heterocycles. The van der Waals surface area contributed by atoms with Crippen LogP contribution in [0.1, 0.15) is 42.4 Å². The maximum absolute atomic E-state index is 6.66. The fourth-order valence-corrected chi connectivity index (χ4v) is 5.72. The van der Waals surface area contributed by atoms with Gasteiger partial charge in [-0.2, -0.15) is 0 Å². The number of hydrogen-bond donors (Lipinski definition) is 2. The molecule has 0 bridgehead atoms. The van der Waals surface area contributed by atoms with Crippen molar-refractivity contribution >= 4 is 5.69 Å². The highest BCUT2D eigenvalue weighted by atomic mass is 16.5. The monoisotopic (exact) mass is 585 g/mol. The van der Waals surface area contributed by atoms with E-state index in [4.69, 9.17) is 34.2 Å². The summed E-state index contributed by atoms with van der Waals surface area (Å²) >= 11 is 0. The van der Waals surface area contributed by atoms with Crippen molar-refractivity contribution in [2.75, 3.05) is 84.9 Å². The number of nitrogens with zero attached hydrogens (tertiary/aromatic N) is 1. The van der Waals surface area contributed by atoms with Gasteiger partial charge in [0.2, 0.25) is 0 Å². The fourth-order valence-electron chi connectivity index (χ4n) is 5.72. The van der Waals surface area contributed by atoms with Crippen LogP contribution in [0.2, 0.25) is 0 Å².